The van der Waals surface area contributed by atoms with Crippen LogP contribution in [0.15, 0.2) is 60.9 Å². The first-order valence-corrected chi connectivity index (χ1v) is 13.9. The van der Waals surface area contributed by atoms with Crippen LogP contribution in [0, 0.1) is 13.8 Å². The number of amides is 1. The minimum Gasteiger partial charge on any atom is -0.359 e. The number of likely N-dealkylation sites (N-methyl/N-ethyl adjacent to an activating group) is 1. The van der Waals surface area contributed by atoms with Crippen LogP contribution < -0.4 is 10.2 Å². The van der Waals surface area contributed by atoms with Crippen molar-refractivity contribution in [3.8, 4) is 11.3 Å². The Morgan fingerprint density at radius 1 is 1.02 bits per heavy atom. The van der Waals surface area contributed by atoms with E-state index in [1.54, 1.807) is 0 Å². The lowest BCUT2D eigenvalue weighted by atomic mass is 9.93. The summed E-state index contributed by atoms with van der Waals surface area (Å²) in [7, 11) is 4.04. The number of hydrogen-bond donors (Lipinski definition) is 2. The Kier molecular flexibility index (Phi) is 5.97. The monoisotopic (exact) mass is 544 g/mol. The number of aromatic nitrogens is 5. The summed E-state index contributed by atoms with van der Waals surface area (Å²) in [6, 6.07) is 14.2. The number of hydrogen-bond acceptors (Lipinski definition) is 6. The lowest BCUT2D eigenvalue weighted by Gasteiger charge is -2.23. The molecule has 7 rings (SSSR count). The second-order valence-corrected chi connectivity index (χ2v) is 11.0. The van der Waals surface area contributed by atoms with Gasteiger partial charge in [0.25, 0.3) is 5.91 Å². The minimum atomic E-state index is 0.0365. The number of carbonyl (C=O) groups excluding carboxylic acids is 1. The second kappa shape index (κ2) is 9.71. The molecule has 41 heavy (non-hydrogen) atoms. The van der Waals surface area contributed by atoms with Crippen molar-refractivity contribution in [1.29, 1.82) is 0 Å². The van der Waals surface area contributed by atoms with E-state index in [0.717, 1.165) is 69.7 Å². The second-order valence-electron chi connectivity index (χ2n) is 11.0. The van der Waals surface area contributed by atoms with E-state index in [-0.39, 0.29) is 5.91 Å². The fraction of sp³-hybridized carbons (Fsp3) is 0.250. The molecule has 1 amide bonds. The van der Waals surface area contributed by atoms with Gasteiger partial charge in [-0.05, 0) is 61.7 Å². The van der Waals surface area contributed by atoms with E-state index in [4.69, 9.17) is 4.98 Å². The number of rotatable bonds is 5. The van der Waals surface area contributed by atoms with Crippen molar-refractivity contribution in [2.75, 3.05) is 30.4 Å². The first-order valence-electron chi connectivity index (χ1n) is 13.9. The predicted octanol–water partition coefficient (Wildman–Crippen LogP) is 5.60. The highest BCUT2D eigenvalue weighted by atomic mass is 16.2. The van der Waals surface area contributed by atoms with Crippen molar-refractivity contribution >= 4 is 39.8 Å². The summed E-state index contributed by atoms with van der Waals surface area (Å²) in [5.74, 6) is 1.22. The highest BCUT2D eigenvalue weighted by Crippen LogP contribution is 2.39. The molecule has 0 bridgehead atoms. The number of nitrogens with zero attached hydrogens (tertiary/aromatic N) is 6. The molecule has 2 aromatic carbocycles. The van der Waals surface area contributed by atoms with E-state index in [0.29, 0.717) is 18.3 Å². The molecule has 0 radical (unpaired) electrons. The minimum absolute atomic E-state index is 0.0365. The third-order valence-electron chi connectivity index (χ3n) is 8.29. The van der Waals surface area contributed by atoms with Crippen molar-refractivity contribution in [2.24, 2.45) is 7.05 Å². The molecule has 0 spiro atoms. The first-order chi connectivity index (χ1) is 19.9. The quantitative estimate of drug-likeness (QED) is 0.299. The van der Waals surface area contributed by atoms with E-state index in [9.17, 15) is 4.79 Å². The predicted molar refractivity (Wildman–Crippen MR) is 162 cm³/mol. The van der Waals surface area contributed by atoms with Gasteiger partial charge in [-0.1, -0.05) is 30.3 Å². The summed E-state index contributed by atoms with van der Waals surface area (Å²) < 4.78 is 1.81. The molecule has 0 atom stereocenters. The number of para-hydroxylation sites is 1. The zero-order valence-electron chi connectivity index (χ0n) is 23.7. The molecule has 206 valence electrons. The molecule has 0 saturated heterocycles. The molecular weight excluding hydrogens is 512 g/mol. The number of H-pyrrole nitrogens is 1. The van der Waals surface area contributed by atoms with Crippen LogP contribution in [-0.2, 0) is 13.6 Å². The molecule has 9 heteroatoms. The maximum atomic E-state index is 13.8. The lowest BCUT2D eigenvalue weighted by molar-refractivity contribution is 0.0997. The maximum Gasteiger partial charge on any atom is 0.259 e. The van der Waals surface area contributed by atoms with Gasteiger partial charge in [-0.25, -0.2) is 9.97 Å². The Labute approximate surface area is 238 Å². The van der Waals surface area contributed by atoms with Gasteiger partial charge >= 0.3 is 0 Å². The van der Waals surface area contributed by atoms with Gasteiger partial charge in [0.15, 0.2) is 5.82 Å². The fourth-order valence-electron chi connectivity index (χ4n) is 5.91. The van der Waals surface area contributed by atoms with E-state index < -0.39 is 0 Å². The summed E-state index contributed by atoms with van der Waals surface area (Å²) >= 11 is 0. The summed E-state index contributed by atoms with van der Waals surface area (Å²) in [6.07, 6.45) is 7.09. The van der Waals surface area contributed by atoms with Crippen LogP contribution in [0.1, 0.15) is 39.2 Å². The van der Waals surface area contributed by atoms with Gasteiger partial charge in [0, 0.05) is 60.8 Å². The third-order valence-corrected chi connectivity index (χ3v) is 8.29. The standard InChI is InChI=1S/C32H32N8O/c1-19-16-34-32(35-28-15-20(2)39(4)37-28)36-29(19)25-17-33-30-23(25)8-6-10-27(30)40-18-26-22(7-5-9-24(26)31(40)41)21-11-13-38(3)14-12-21/h5-11,15-17,33H,12-14,18H2,1-4H3,(H,34,35,36,37). The molecule has 2 aliphatic rings. The highest BCUT2D eigenvalue weighted by molar-refractivity contribution is 6.15. The normalized spacial score (nSPS) is 15.5. The number of anilines is 3. The van der Waals surface area contributed by atoms with E-state index >= 15 is 0 Å². The van der Waals surface area contributed by atoms with Gasteiger partial charge in [-0.15, -0.1) is 0 Å². The largest absolute Gasteiger partial charge is 0.359 e. The van der Waals surface area contributed by atoms with Crippen LogP contribution in [0.5, 0.6) is 0 Å². The van der Waals surface area contributed by atoms with Gasteiger partial charge in [-0.2, -0.15) is 5.10 Å². The fourth-order valence-corrected chi connectivity index (χ4v) is 5.91. The zero-order chi connectivity index (χ0) is 28.2. The molecule has 5 aromatic rings. The average Bonchev–Trinajstić information content (AvgIpc) is 3.65. The molecule has 2 aliphatic heterocycles. The summed E-state index contributed by atoms with van der Waals surface area (Å²) in [5, 5.41) is 8.70. The van der Waals surface area contributed by atoms with Crippen LogP contribution in [-0.4, -0.2) is 55.7 Å². The number of nitrogens with one attached hydrogen (secondary N) is 2. The highest BCUT2D eigenvalue weighted by Gasteiger charge is 2.32. The number of fused-ring (bicyclic) bond motifs is 2. The van der Waals surface area contributed by atoms with Gasteiger partial charge in [-0.3, -0.25) is 9.48 Å². The summed E-state index contributed by atoms with van der Waals surface area (Å²) in [4.78, 5) is 30.8. The average molecular weight is 545 g/mol. The molecule has 2 N–H and O–H groups in total. The van der Waals surface area contributed by atoms with Crippen molar-refractivity contribution in [2.45, 2.75) is 26.8 Å². The number of aryl methyl sites for hydroxylation is 3. The van der Waals surface area contributed by atoms with Crippen molar-refractivity contribution in [1.82, 2.24) is 29.6 Å². The smallest absolute Gasteiger partial charge is 0.259 e. The molecule has 0 saturated carbocycles. The van der Waals surface area contributed by atoms with Gasteiger partial charge in [0.2, 0.25) is 5.95 Å². The van der Waals surface area contributed by atoms with Crippen molar-refractivity contribution in [3.63, 3.8) is 0 Å². The first kappa shape index (κ1) is 25.2. The van der Waals surface area contributed by atoms with Crippen LogP contribution >= 0.6 is 0 Å². The summed E-state index contributed by atoms with van der Waals surface area (Å²) in [5.41, 5.74) is 10.0. The molecule has 0 aliphatic carbocycles. The maximum absolute atomic E-state index is 13.8. The number of benzene rings is 2. The van der Waals surface area contributed by atoms with Crippen molar-refractivity contribution < 1.29 is 4.79 Å². The Morgan fingerprint density at radius 3 is 2.63 bits per heavy atom. The molecule has 3 aromatic heterocycles. The number of carbonyl (C=O) groups is 1. The SMILES string of the molecule is Cc1cnc(Nc2cc(C)n(C)n2)nc1-c1c[nH]c2c(N3Cc4c(cccc4C4=CCN(C)CC4)C3=O)cccc12. The van der Waals surface area contributed by atoms with Crippen molar-refractivity contribution in [3.05, 3.63) is 88.9 Å². The van der Waals surface area contributed by atoms with Gasteiger partial charge in [0.1, 0.15) is 0 Å². The van der Waals surface area contributed by atoms with Gasteiger partial charge in [0.05, 0.1) is 23.4 Å². The third kappa shape index (κ3) is 4.29. The van der Waals surface area contributed by atoms with E-state index in [1.165, 1.54) is 11.1 Å². The molecule has 5 heterocycles. The molecule has 0 fully saturated rings. The topological polar surface area (TPSA) is 95.0 Å². The molecule has 0 unspecified atom stereocenters. The lowest BCUT2D eigenvalue weighted by Crippen LogP contribution is -2.24. The van der Waals surface area contributed by atoms with E-state index in [2.05, 4.69) is 50.5 Å². The van der Waals surface area contributed by atoms with Gasteiger partial charge < -0.3 is 20.1 Å². The zero-order valence-corrected chi connectivity index (χ0v) is 23.7. The Morgan fingerprint density at radius 2 is 1.85 bits per heavy atom. The molecular formula is C32H32N8O. The molecule has 9 nitrogen and oxygen atoms in total. The van der Waals surface area contributed by atoms with Crippen LogP contribution in [0.4, 0.5) is 17.5 Å². The Hall–Kier alpha value is -4.76. The van der Waals surface area contributed by atoms with Crippen LogP contribution in [0.25, 0.3) is 27.7 Å². The van der Waals surface area contributed by atoms with E-state index in [1.807, 2.05) is 73.2 Å². The van der Waals surface area contributed by atoms with Crippen LogP contribution in [0.3, 0.4) is 0 Å². The Bertz CT molecular complexity index is 1840. The number of aromatic amines is 1. The van der Waals surface area contributed by atoms with Crippen LogP contribution in [0.2, 0.25) is 0 Å². The summed E-state index contributed by atoms with van der Waals surface area (Å²) in [6.45, 7) is 6.52. The Balaban J connectivity index is 1.24.